The van der Waals surface area contributed by atoms with Gasteiger partial charge in [0.2, 0.25) is 0 Å². The molecule has 1 aliphatic carbocycles. The summed E-state index contributed by atoms with van der Waals surface area (Å²) < 4.78 is 0. The maximum Gasteiger partial charge on any atom is 0.148 e. The van der Waals surface area contributed by atoms with E-state index >= 15 is 0 Å². The number of hydrogen-bond acceptors (Lipinski definition) is 4. The molecular formula is C12H19N3S. The van der Waals surface area contributed by atoms with Crippen molar-refractivity contribution in [3.63, 3.8) is 0 Å². The molecule has 1 aliphatic rings. The van der Waals surface area contributed by atoms with Crippen molar-refractivity contribution in [2.75, 3.05) is 18.1 Å². The van der Waals surface area contributed by atoms with Crippen molar-refractivity contribution >= 4 is 17.6 Å². The van der Waals surface area contributed by atoms with Gasteiger partial charge in [0, 0.05) is 6.54 Å². The number of thioether (sulfide) groups is 1. The quantitative estimate of drug-likeness (QED) is 0.771. The normalized spacial score (nSPS) is 17.1. The summed E-state index contributed by atoms with van der Waals surface area (Å²) in [6.45, 7) is 3.31. The van der Waals surface area contributed by atoms with Crippen LogP contribution in [0.3, 0.4) is 0 Å². The van der Waals surface area contributed by atoms with Crippen molar-refractivity contribution in [2.24, 2.45) is 5.41 Å². The van der Waals surface area contributed by atoms with E-state index in [1.165, 1.54) is 25.7 Å². The van der Waals surface area contributed by atoms with Gasteiger partial charge in [0.1, 0.15) is 10.8 Å². The van der Waals surface area contributed by atoms with Gasteiger partial charge in [0.25, 0.3) is 0 Å². The van der Waals surface area contributed by atoms with E-state index in [2.05, 4.69) is 22.4 Å². The fraction of sp³-hybridized carbons (Fsp3) is 0.667. The molecule has 0 aromatic carbocycles. The summed E-state index contributed by atoms with van der Waals surface area (Å²) in [5.41, 5.74) is 0.564. The molecule has 0 saturated heterocycles. The summed E-state index contributed by atoms with van der Waals surface area (Å²) in [5, 5.41) is 12.6. The van der Waals surface area contributed by atoms with Crippen LogP contribution in [0.1, 0.15) is 32.6 Å². The van der Waals surface area contributed by atoms with E-state index in [1.54, 1.807) is 11.8 Å². The highest BCUT2D eigenvalue weighted by Crippen LogP contribution is 2.49. The van der Waals surface area contributed by atoms with Gasteiger partial charge in [-0.3, -0.25) is 0 Å². The molecule has 0 unspecified atom stereocenters. The Balaban J connectivity index is 1.85. The summed E-state index contributed by atoms with van der Waals surface area (Å²) in [4.78, 5) is 0. The number of nitrogens with one attached hydrogen (secondary N) is 1. The highest BCUT2D eigenvalue weighted by molar-refractivity contribution is 7.98. The van der Waals surface area contributed by atoms with Crippen LogP contribution in [-0.2, 0) is 0 Å². The Morgan fingerprint density at radius 1 is 1.38 bits per heavy atom. The van der Waals surface area contributed by atoms with Crippen molar-refractivity contribution < 1.29 is 0 Å². The summed E-state index contributed by atoms with van der Waals surface area (Å²) in [6, 6.07) is 4.03. The third-order valence-electron chi connectivity index (χ3n) is 3.23. The first-order valence-electron chi connectivity index (χ1n) is 5.90. The lowest BCUT2D eigenvalue weighted by atomic mass is 10.0. The van der Waals surface area contributed by atoms with E-state index in [9.17, 15) is 0 Å². The highest BCUT2D eigenvalue weighted by atomic mass is 32.2. The smallest absolute Gasteiger partial charge is 0.148 e. The Bertz CT molecular complexity index is 333. The van der Waals surface area contributed by atoms with Gasteiger partial charge in [-0.2, -0.15) is 0 Å². The minimum Gasteiger partial charge on any atom is -0.368 e. The monoisotopic (exact) mass is 237 g/mol. The number of rotatable bonds is 6. The second-order valence-corrected chi connectivity index (χ2v) is 5.39. The molecule has 88 valence electrons. The zero-order valence-electron chi connectivity index (χ0n) is 9.99. The SMILES string of the molecule is CCCC1(CNc2ccc(SC)nn2)CC1. The van der Waals surface area contributed by atoms with E-state index in [0.29, 0.717) is 5.41 Å². The minimum atomic E-state index is 0.564. The topological polar surface area (TPSA) is 37.8 Å². The molecule has 1 fully saturated rings. The zero-order valence-corrected chi connectivity index (χ0v) is 10.8. The molecular weight excluding hydrogens is 218 g/mol. The first-order valence-corrected chi connectivity index (χ1v) is 7.12. The van der Waals surface area contributed by atoms with E-state index in [1.807, 2.05) is 18.4 Å². The van der Waals surface area contributed by atoms with Crippen LogP contribution in [-0.4, -0.2) is 23.0 Å². The fourth-order valence-corrected chi connectivity index (χ4v) is 2.35. The van der Waals surface area contributed by atoms with Crippen LogP contribution in [0.25, 0.3) is 0 Å². The fourth-order valence-electron chi connectivity index (χ4n) is 2.02. The standard InChI is InChI=1S/C12H19N3S/c1-3-6-12(7-8-12)9-13-10-4-5-11(16-2)15-14-10/h4-5H,3,6-9H2,1-2H3,(H,13,14). The summed E-state index contributed by atoms with van der Waals surface area (Å²) in [6.07, 6.45) is 7.35. The molecule has 2 rings (SSSR count). The number of hydrogen-bond donors (Lipinski definition) is 1. The molecule has 1 saturated carbocycles. The Hall–Kier alpha value is -0.770. The van der Waals surface area contributed by atoms with Crippen molar-refractivity contribution in [1.82, 2.24) is 10.2 Å². The Kier molecular flexibility index (Phi) is 3.69. The molecule has 0 radical (unpaired) electrons. The molecule has 3 nitrogen and oxygen atoms in total. The van der Waals surface area contributed by atoms with Crippen molar-refractivity contribution in [3.05, 3.63) is 12.1 Å². The van der Waals surface area contributed by atoms with Gasteiger partial charge >= 0.3 is 0 Å². The van der Waals surface area contributed by atoms with Crippen molar-refractivity contribution in [3.8, 4) is 0 Å². The molecule has 16 heavy (non-hydrogen) atoms. The van der Waals surface area contributed by atoms with Gasteiger partial charge in [-0.1, -0.05) is 13.3 Å². The Morgan fingerprint density at radius 3 is 2.69 bits per heavy atom. The van der Waals surface area contributed by atoms with Gasteiger partial charge in [-0.05, 0) is 43.1 Å². The molecule has 1 aromatic heterocycles. The van der Waals surface area contributed by atoms with Gasteiger partial charge in [-0.25, -0.2) is 0 Å². The molecule has 0 amide bonds. The molecule has 4 heteroatoms. The molecule has 1 heterocycles. The van der Waals surface area contributed by atoms with Gasteiger partial charge in [0.15, 0.2) is 0 Å². The van der Waals surface area contributed by atoms with E-state index in [-0.39, 0.29) is 0 Å². The number of anilines is 1. The van der Waals surface area contributed by atoms with Crippen LogP contribution in [0, 0.1) is 5.41 Å². The summed E-state index contributed by atoms with van der Waals surface area (Å²) in [5.74, 6) is 0.903. The summed E-state index contributed by atoms with van der Waals surface area (Å²) >= 11 is 1.62. The third kappa shape index (κ3) is 2.88. The second-order valence-electron chi connectivity index (χ2n) is 4.56. The molecule has 0 atom stereocenters. The molecule has 1 N–H and O–H groups in total. The Morgan fingerprint density at radius 2 is 2.19 bits per heavy atom. The van der Waals surface area contributed by atoms with E-state index in [4.69, 9.17) is 0 Å². The first-order chi connectivity index (χ1) is 7.78. The average Bonchev–Trinajstić information content (AvgIpc) is 3.08. The molecule has 0 aliphatic heterocycles. The summed E-state index contributed by atoms with van der Waals surface area (Å²) in [7, 11) is 0. The van der Waals surface area contributed by atoms with Crippen LogP contribution in [0.2, 0.25) is 0 Å². The average molecular weight is 237 g/mol. The van der Waals surface area contributed by atoms with Crippen LogP contribution in [0.4, 0.5) is 5.82 Å². The Labute approximate surface area is 101 Å². The lowest BCUT2D eigenvalue weighted by Gasteiger charge is -2.14. The van der Waals surface area contributed by atoms with Crippen molar-refractivity contribution in [1.29, 1.82) is 0 Å². The first kappa shape index (κ1) is 11.7. The second kappa shape index (κ2) is 5.04. The van der Waals surface area contributed by atoms with Crippen LogP contribution < -0.4 is 5.32 Å². The highest BCUT2D eigenvalue weighted by Gasteiger charge is 2.41. The van der Waals surface area contributed by atoms with Crippen LogP contribution in [0.5, 0.6) is 0 Å². The molecule has 1 aromatic rings. The molecule has 0 bridgehead atoms. The predicted octanol–water partition coefficient (Wildman–Crippen LogP) is 3.19. The largest absolute Gasteiger partial charge is 0.368 e. The number of aromatic nitrogens is 2. The number of nitrogens with zero attached hydrogens (tertiary/aromatic N) is 2. The lowest BCUT2D eigenvalue weighted by Crippen LogP contribution is -2.16. The minimum absolute atomic E-state index is 0.564. The van der Waals surface area contributed by atoms with E-state index < -0.39 is 0 Å². The van der Waals surface area contributed by atoms with Crippen molar-refractivity contribution in [2.45, 2.75) is 37.6 Å². The van der Waals surface area contributed by atoms with Crippen LogP contribution >= 0.6 is 11.8 Å². The maximum atomic E-state index is 4.16. The van der Waals surface area contributed by atoms with Gasteiger partial charge in [0.05, 0.1) is 0 Å². The predicted molar refractivity (Wildman–Crippen MR) is 68.9 cm³/mol. The van der Waals surface area contributed by atoms with Crippen LogP contribution in [0.15, 0.2) is 17.2 Å². The third-order valence-corrected chi connectivity index (χ3v) is 3.87. The lowest BCUT2D eigenvalue weighted by molar-refractivity contribution is 0.485. The molecule has 0 spiro atoms. The van der Waals surface area contributed by atoms with E-state index in [0.717, 1.165) is 17.4 Å². The maximum absolute atomic E-state index is 4.16. The van der Waals surface area contributed by atoms with Gasteiger partial charge in [-0.15, -0.1) is 22.0 Å². The van der Waals surface area contributed by atoms with Gasteiger partial charge < -0.3 is 5.32 Å². The zero-order chi connectivity index (χ0) is 11.4.